The molecule has 3 rings (SSSR count). The van der Waals surface area contributed by atoms with Crippen molar-refractivity contribution in [2.75, 3.05) is 18.1 Å². The quantitative estimate of drug-likeness (QED) is 0.577. The molecule has 0 fully saturated rings. The first kappa shape index (κ1) is 24.5. The van der Waals surface area contributed by atoms with Crippen LogP contribution < -0.4 is 4.90 Å². The van der Waals surface area contributed by atoms with Gasteiger partial charge in [0.05, 0.1) is 6.61 Å². The number of carbonyl (C=O) groups excluding carboxylic acids is 2. The van der Waals surface area contributed by atoms with Crippen LogP contribution in [0.2, 0.25) is 10.0 Å². The molecule has 0 spiro atoms. The predicted octanol–water partition coefficient (Wildman–Crippen LogP) is 4.78. The summed E-state index contributed by atoms with van der Waals surface area (Å²) in [6.45, 7) is 6.21. The number of benzene rings is 2. The van der Waals surface area contributed by atoms with Crippen LogP contribution in [0.5, 0.6) is 0 Å². The summed E-state index contributed by atoms with van der Waals surface area (Å²) < 4.78 is 11.2. The number of hydrogen-bond acceptors (Lipinski definition) is 5. The highest BCUT2D eigenvalue weighted by Gasteiger charge is 2.39. The van der Waals surface area contributed by atoms with Gasteiger partial charge >= 0.3 is 5.97 Å². The average Bonchev–Trinajstić information content (AvgIpc) is 2.84. The molecule has 3 unspecified atom stereocenters. The van der Waals surface area contributed by atoms with Crippen LogP contribution in [0.25, 0.3) is 0 Å². The summed E-state index contributed by atoms with van der Waals surface area (Å²) in [6.07, 6.45) is -3.56. The number of nitrogens with zero attached hydrogens (tertiary/aromatic N) is 1. The highest BCUT2D eigenvalue weighted by Crippen LogP contribution is 2.42. The largest absolute Gasteiger partial charge is 0.464 e. The summed E-state index contributed by atoms with van der Waals surface area (Å²) in [4.78, 5) is 27.3. The van der Waals surface area contributed by atoms with Gasteiger partial charge in [-0.3, -0.25) is 4.79 Å². The van der Waals surface area contributed by atoms with Crippen molar-refractivity contribution in [3.05, 3.63) is 63.6 Å². The smallest absolute Gasteiger partial charge is 0.335 e. The van der Waals surface area contributed by atoms with Crippen LogP contribution >= 0.6 is 23.2 Å². The molecular formula is C24H27Cl2NO5. The molecular weight excluding hydrogens is 453 g/mol. The fourth-order valence-electron chi connectivity index (χ4n) is 3.75. The van der Waals surface area contributed by atoms with Crippen molar-refractivity contribution in [2.24, 2.45) is 5.92 Å². The number of fused-ring (bicyclic) bond motifs is 1. The van der Waals surface area contributed by atoms with E-state index in [1.807, 2.05) is 26.0 Å². The third-order valence-electron chi connectivity index (χ3n) is 5.14. The maximum absolute atomic E-state index is 13.6. The maximum atomic E-state index is 13.6. The van der Waals surface area contributed by atoms with Crippen LogP contribution in [0.3, 0.4) is 0 Å². The van der Waals surface area contributed by atoms with Crippen molar-refractivity contribution in [1.82, 2.24) is 0 Å². The van der Waals surface area contributed by atoms with E-state index >= 15 is 0 Å². The molecule has 2 aromatic rings. The molecule has 1 aliphatic rings. The zero-order valence-corrected chi connectivity index (χ0v) is 19.8. The zero-order chi connectivity index (χ0) is 23.4. The Morgan fingerprint density at radius 1 is 1.19 bits per heavy atom. The van der Waals surface area contributed by atoms with Gasteiger partial charge in [0.2, 0.25) is 0 Å². The number of anilines is 1. The van der Waals surface area contributed by atoms with Crippen LogP contribution in [-0.4, -0.2) is 42.3 Å². The van der Waals surface area contributed by atoms with Gasteiger partial charge in [0.25, 0.3) is 5.91 Å². The predicted molar refractivity (Wildman–Crippen MR) is 124 cm³/mol. The van der Waals surface area contributed by atoms with E-state index in [2.05, 4.69) is 0 Å². The fraction of sp³-hybridized carbons (Fsp3) is 0.417. The molecule has 6 nitrogen and oxygen atoms in total. The lowest BCUT2D eigenvalue weighted by atomic mass is 9.99. The van der Waals surface area contributed by atoms with Crippen LogP contribution in [-0.2, 0) is 19.1 Å². The van der Waals surface area contributed by atoms with E-state index in [-0.39, 0.29) is 24.9 Å². The summed E-state index contributed by atoms with van der Waals surface area (Å²) in [5, 5.41) is 11.3. The van der Waals surface area contributed by atoms with E-state index in [0.717, 1.165) is 0 Å². The van der Waals surface area contributed by atoms with Gasteiger partial charge in [-0.1, -0.05) is 55.2 Å². The molecule has 0 radical (unpaired) electrons. The fourth-order valence-corrected chi connectivity index (χ4v) is 4.16. The Hall–Kier alpha value is -2.12. The van der Waals surface area contributed by atoms with Crippen LogP contribution in [0, 0.1) is 5.92 Å². The molecule has 32 heavy (non-hydrogen) atoms. The highest BCUT2D eigenvalue weighted by molar-refractivity contribution is 6.31. The Kier molecular flexibility index (Phi) is 8.17. The minimum Gasteiger partial charge on any atom is -0.464 e. The molecule has 3 atom stereocenters. The van der Waals surface area contributed by atoms with Crippen LogP contribution in [0.1, 0.15) is 44.4 Å². The normalized spacial score (nSPS) is 19.5. The Bertz CT molecular complexity index is 981. The number of rotatable bonds is 7. The Morgan fingerprint density at radius 3 is 2.56 bits per heavy atom. The van der Waals surface area contributed by atoms with E-state index in [1.54, 1.807) is 42.2 Å². The van der Waals surface area contributed by atoms with Gasteiger partial charge in [0.15, 0.2) is 6.10 Å². The molecule has 0 saturated carbocycles. The number of ether oxygens (including phenoxy) is 2. The van der Waals surface area contributed by atoms with Gasteiger partial charge in [-0.25, -0.2) is 4.79 Å². The third kappa shape index (κ3) is 5.44. The minimum absolute atomic E-state index is 0.126. The number of carbonyl (C=O) groups is 2. The molecule has 0 aromatic heterocycles. The molecule has 1 heterocycles. The monoisotopic (exact) mass is 479 g/mol. The number of esters is 1. The summed E-state index contributed by atoms with van der Waals surface area (Å²) >= 11 is 12.8. The van der Waals surface area contributed by atoms with E-state index < -0.39 is 24.3 Å². The first-order valence-corrected chi connectivity index (χ1v) is 11.3. The highest BCUT2D eigenvalue weighted by atomic mass is 35.5. The third-order valence-corrected chi connectivity index (χ3v) is 5.72. The van der Waals surface area contributed by atoms with E-state index in [4.69, 9.17) is 32.7 Å². The first-order chi connectivity index (χ1) is 15.2. The molecule has 0 saturated heterocycles. The Morgan fingerprint density at radius 2 is 1.91 bits per heavy atom. The van der Waals surface area contributed by atoms with Gasteiger partial charge in [-0.15, -0.1) is 0 Å². The Balaban J connectivity index is 2.11. The molecule has 0 bridgehead atoms. The number of aliphatic hydroxyl groups is 1. The van der Waals surface area contributed by atoms with Gasteiger partial charge in [0.1, 0.15) is 12.2 Å². The van der Waals surface area contributed by atoms with Crippen LogP contribution in [0.15, 0.2) is 42.5 Å². The lowest BCUT2D eigenvalue weighted by Gasteiger charge is -2.27. The molecule has 1 N–H and O–H groups in total. The van der Waals surface area contributed by atoms with Crippen molar-refractivity contribution in [2.45, 2.75) is 45.5 Å². The van der Waals surface area contributed by atoms with Crippen molar-refractivity contribution in [1.29, 1.82) is 0 Å². The van der Waals surface area contributed by atoms with Crippen molar-refractivity contribution < 1.29 is 24.2 Å². The lowest BCUT2D eigenvalue weighted by Crippen LogP contribution is -2.43. The summed E-state index contributed by atoms with van der Waals surface area (Å²) in [5.74, 6) is -0.978. The minimum atomic E-state index is -1.50. The second kappa shape index (κ2) is 10.7. The molecule has 8 heteroatoms. The van der Waals surface area contributed by atoms with E-state index in [0.29, 0.717) is 33.4 Å². The second-order valence-corrected chi connectivity index (χ2v) is 8.92. The second-order valence-electron chi connectivity index (χ2n) is 8.08. The number of halogens is 2. The summed E-state index contributed by atoms with van der Waals surface area (Å²) in [6, 6.07) is 12.5. The van der Waals surface area contributed by atoms with Gasteiger partial charge in [-0.2, -0.15) is 0 Å². The molecule has 0 aliphatic carbocycles. The maximum Gasteiger partial charge on any atom is 0.335 e. The lowest BCUT2D eigenvalue weighted by molar-refractivity contribution is -0.156. The van der Waals surface area contributed by atoms with E-state index in [9.17, 15) is 14.7 Å². The molecule has 1 amide bonds. The van der Waals surface area contributed by atoms with Gasteiger partial charge in [0, 0.05) is 39.8 Å². The van der Waals surface area contributed by atoms with Crippen LogP contribution in [0.4, 0.5) is 5.69 Å². The van der Waals surface area contributed by atoms with Crippen molar-refractivity contribution in [3.63, 3.8) is 0 Å². The van der Waals surface area contributed by atoms with Crippen molar-refractivity contribution >= 4 is 40.8 Å². The summed E-state index contributed by atoms with van der Waals surface area (Å²) in [7, 11) is 0. The molecule has 2 aromatic carbocycles. The standard InChI is InChI=1S/C24H27Cl2NO5/c1-4-31-24(30)20(28)12-21-23(29)27(13-14(2)3)19-10-9-15(25)11-17(19)22(32-21)16-7-5-6-8-18(16)26/h5-11,14,20-22,28H,4,12-13H2,1-3H3. The number of amides is 1. The van der Waals surface area contributed by atoms with Gasteiger partial charge in [-0.05, 0) is 37.1 Å². The average molecular weight is 480 g/mol. The first-order valence-electron chi connectivity index (χ1n) is 10.6. The SMILES string of the molecule is CCOC(=O)C(O)CC1OC(c2ccccc2Cl)c2cc(Cl)ccc2N(CC(C)C)C1=O. The molecule has 1 aliphatic heterocycles. The number of aliphatic hydroxyl groups excluding tert-OH is 1. The van der Waals surface area contributed by atoms with Gasteiger partial charge < -0.3 is 19.5 Å². The van der Waals surface area contributed by atoms with E-state index in [1.165, 1.54) is 0 Å². The zero-order valence-electron chi connectivity index (χ0n) is 18.3. The summed E-state index contributed by atoms with van der Waals surface area (Å²) in [5.41, 5.74) is 2.01. The topological polar surface area (TPSA) is 76.1 Å². The Labute approximate surface area is 198 Å². The van der Waals surface area contributed by atoms with Crippen molar-refractivity contribution in [3.8, 4) is 0 Å². The molecule has 172 valence electrons. The number of hydrogen-bond donors (Lipinski definition) is 1.